The summed E-state index contributed by atoms with van der Waals surface area (Å²) in [6.45, 7) is 6.71. The number of ether oxygens (including phenoxy) is 1. The number of halogens is 1. The number of furan rings is 1. The fraction of sp³-hybridized carbons (Fsp3) is 0.400. The molecule has 1 saturated heterocycles. The molecule has 3 aromatic rings. The lowest BCUT2D eigenvalue weighted by atomic mass is 10.0. The number of rotatable bonds is 7. The Kier molecular flexibility index (Phi) is 7.03. The summed E-state index contributed by atoms with van der Waals surface area (Å²) in [6.07, 6.45) is 1.87. The number of carbonyl (C=O) groups excluding carboxylic acids is 1. The van der Waals surface area contributed by atoms with Crippen LogP contribution >= 0.6 is 0 Å². The van der Waals surface area contributed by atoms with Crippen molar-refractivity contribution in [2.24, 2.45) is 0 Å². The van der Waals surface area contributed by atoms with Crippen LogP contribution < -0.4 is 4.90 Å². The third kappa shape index (κ3) is 5.06. The third-order valence-electron chi connectivity index (χ3n) is 5.81. The predicted octanol–water partition coefficient (Wildman–Crippen LogP) is 4.03. The number of carbonyl (C=O) groups is 1. The van der Waals surface area contributed by atoms with Gasteiger partial charge in [-0.3, -0.25) is 4.79 Å². The molecule has 0 unspecified atom stereocenters. The Balaban J connectivity index is 1.65. The zero-order valence-electron chi connectivity index (χ0n) is 19.3. The van der Waals surface area contributed by atoms with E-state index in [1.165, 1.54) is 12.3 Å². The molecule has 0 atom stereocenters. The fourth-order valence-electron chi connectivity index (χ4n) is 4.00. The van der Waals surface area contributed by atoms with E-state index in [9.17, 15) is 9.18 Å². The highest BCUT2D eigenvalue weighted by Gasteiger charge is 2.28. The first-order chi connectivity index (χ1) is 16.0. The topological polar surface area (TPSA) is 71.7 Å². The molecule has 174 valence electrons. The van der Waals surface area contributed by atoms with E-state index in [1.54, 1.807) is 36.3 Å². The third-order valence-corrected chi connectivity index (χ3v) is 5.81. The molecule has 0 radical (unpaired) electrons. The van der Waals surface area contributed by atoms with Gasteiger partial charge < -0.3 is 19.0 Å². The van der Waals surface area contributed by atoms with E-state index in [2.05, 4.69) is 4.90 Å². The Labute approximate surface area is 193 Å². The van der Waals surface area contributed by atoms with Crippen LogP contribution in [0.15, 0.2) is 47.1 Å². The van der Waals surface area contributed by atoms with Gasteiger partial charge in [0.2, 0.25) is 0 Å². The Morgan fingerprint density at radius 3 is 2.52 bits per heavy atom. The van der Waals surface area contributed by atoms with Crippen molar-refractivity contribution < 1.29 is 18.3 Å². The van der Waals surface area contributed by atoms with Crippen molar-refractivity contribution in [3.05, 3.63) is 76.9 Å². The van der Waals surface area contributed by atoms with Crippen LogP contribution in [0.5, 0.6) is 0 Å². The summed E-state index contributed by atoms with van der Waals surface area (Å²) >= 11 is 0. The molecule has 0 spiro atoms. The fourth-order valence-corrected chi connectivity index (χ4v) is 4.00. The summed E-state index contributed by atoms with van der Waals surface area (Å²) < 4.78 is 25.2. The van der Waals surface area contributed by atoms with Crippen molar-refractivity contribution in [2.45, 2.75) is 32.8 Å². The maximum atomic E-state index is 14.5. The summed E-state index contributed by atoms with van der Waals surface area (Å²) in [6, 6.07) is 10.2. The minimum Gasteiger partial charge on any atom is -0.459 e. The van der Waals surface area contributed by atoms with E-state index in [0.29, 0.717) is 50.5 Å². The average molecular weight is 453 g/mol. The highest BCUT2D eigenvalue weighted by atomic mass is 19.1. The van der Waals surface area contributed by atoms with Crippen LogP contribution in [-0.2, 0) is 17.8 Å². The lowest BCUT2D eigenvalue weighted by Gasteiger charge is -2.36. The lowest BCUT2D eigenvalue weighted by molar-refractivity contribution is 0.0714. The monoisotopic (exact) mass is 452 g/mol. The molecule has 0 N–H and O–H groups in total. The smallest absolute Gasteiger partial charge is 0.289 e. The molecule has 33 heavy (non-hydrogen) atoms. The first-order valence-electron chi connectivity index (χ1n) is 11.2. The number of aromatic nitrogens is 2. The minimum absolute atomic E-state index is 0.114. The van der Waals surface area contributed by atoms with E-state index in [4.69, 9.17) is 19.1 Å². The second-order valence-electron chi connectivity index (χ2n) is 8.44. The van der Waals surface area contributed by atoms with Gasteiger partial charge in [-0.1, -0.05) is 32.0 Å². The Hall–Kier alpha value is -3.26. The molecule has 0 aliphatic carbocycles. The Morgan fingerprint density at radius 1 is 1.12 bits per heavy atom. The van der Waals surface area contributed by atoms with Crippen LogP contribution in [0.2, 0.25) is 0 Å². The maximum absolute atomic E-state index is 14.5. The molecule has 1 aliphatic rings. The van der Waals surface area contributed by atoms with Gasteiger partial charge in [-0.15, -0.1) is 0 Å². The molecule has 8 heteroatoms. The van der Waals surface area contributed by atoms with Gasteiger partial charge in [0.25, 0.3) is 5.91 Å². The van der Waals surface area contributed by atoms with Gasteiger partial charge in [0.1, 0.15) is 17.5 Å². The number of hydrogen-bond donors (Lipinski definition) is 0. The number of anilines is 1. The van der Waals surface area contributed by atoms with E-state index in [0.717, 1.165) is 22.9 Å². The maximum Gasteiger partial charge on any atom is 0.289 e. The molecule has 1 amide bonds. The molecule has 0 bridgehead atoms. The van der Waals surface area contributed by atoms with E-state index >= 15 is 0 Å². The van der Waals surface area contributed by atoms with Gasteiger partial charge in [-0.2, -0.15) is 0 Å². The normalized spacial score (nSPS) is 14.2. The summed E-state index contributed by atoms with van der Waals surface area (Å²) in [7, 11) is 1.63. The number of hydrogen-bond acceptors (Lipinski definition) is 6. The van der Waals surface area contributed by atoms with Crippen molar-refractivity contribution in [1.82, 2.24) is 14.9 Å². The number of benzene rings is 1. The zero-order valence-corrected chi connectivity index (χ0v) is 19.3. The Bertz CT molecular complexity index is 1090. The second-order valence-corrected chi connectivity index (χ2v) is 8.44. The second kappa shape index (κ2) is 10.1. The summed E-state index contributed by atoms with van der Waals surface area (Å²) in [5, 5.41) is 0. The van der Waals surface area contributed by atoms with Crippen molar-refractivity contribution in [1.29, 1.82) is 0 Å². The van der Waals surface area contributed by atoms with Crippen LogP contribution in [0.25, 0.3) is 0 Å². The summed E-state index contributed by atoms with van der Waals surface area (Å²) in [4.78, 5) is 26.3. The minimum atomic E-state index is -0.256. The van der Waals surface area contributed by atoms with Crippen molar-refractivity contribution in [3.63, 3.8) is 0 Å². The molecule has 3 heterocycles. The Morgan fingerprint density at radius 2 is 1.88 bits per heavy atom. The van der Waals surface area contributed by atoms with Crippen LogP contribution in [-0.4, -0.2) is 54.1 Å². The van der Waals surface area contributed by atoms with Gasteiger partial charge in [0.05, 0.1) is 18.6 Å². The number of nitrogens with zero attached hydrogens (tertiary/aromatic N) is 4. The highest BCUT2D eigenvalue weighted by Crippen LogP contribution is 2.29. The molecule has 0 saturated carbocycles. The summed E-state index contributed by atoms with van der Waals surface area (Å²) in [5.41, 5.74) is 2.21. The van der Waals surface area contributed by atoms with Gasteiger partial charge in [0, 0.05) is 51.2 Å². The molecule has 1 aromatic carbocycles. The summed E-state index contributed by atoms with van der Waals surface area (Å²) in [5.74, 6) is 1.61. The van der Waals surface area contributed by atoms with E-state index in [1.807, 2.05) is 19.9 Å². The van der Waals surface area contributed by atoms with Crippen LogP contribution in [0.4, 0.5) is 10.2 Å². The lowest BCUT2D eigenvalue weighted by Crippen LogP contribution is -2.49. The highest BCUT2D eigenvalue weighted by molar-refractivity contribution is 5.91. The number of methoxy groups -OCH3 is 1. The largest absolute Gasteiger partial charge is 0.459 e. The number of amides is 1. The molecule has 1 aliphatic heterocycles. The van der Waals surface area contributed by atoms with Crippen LogP contribution in [0, 0.1) is 5.82 Å². The van der Waals surface area contributed by atoms with Crippen LogP contribution in [0.1, 0.15) is 53.0 Å². The van der Waals surface area contributed by atoms with Crippen LogP contribution in [0.3, 0.4) is 0 Å². The molecule has 4 rings (SSSR count). The van der Waals surface area contributed by atoms with Gasteiger partial charge in [-0.05, 0) is 23.8 Å². The van der Waals surface area contributed by atoms with E-state index < -0.39 is 0 Å². The van der Waals surface area contributed by atoms with Crippen molar-refractivity contribution in [3.8, 4) is 0 Å². The van der Waals surface area contributed by atoms with Crippen molar-refractivity contribution >= 4 is 11.7 Å². The first kappa shape index (κ1) is 22.9. The standard InChI is InChI=1S/C25H29FN4O3/c1-17(2)23-27-21(16-32-3)19(15-18-7-4-5-8-20(18)26)24(28-23)29-10-12-30(13-11-29)25(31)22-9-6-14-33-22/h4-9,14,17H,10-13,15-16H2,1-3H3. The average Bonchev–Trinajstić information content (AvgIpc) is 3.36. The first-order valence-corrected chi connectivity index (χ1v) is 11.2. The molecule has 7 nitrogen and oxygen atoms in total. The van der Waals surface area contributed by atoms with Crippen molar-refractivity contribution in [2.75, 3.05) is 38.2 Å². The molecule has 1 fully saturated rings. The predicted molar refractivity (Wildman–Crippen MR) is 123 cm³/mol. The zero-order chi connectivity index (χ0) is 23.4. The van der Waals surface area contributed by atoms with E-state index in [-0.39, 0.29) is 17.6 Å². The van der Waals surface area contributed by atoms with Gasteiger partial charge >= 0.3 is 0 Å². The molecular weight excluding hydrogens is 423 g/mol. The molecular formula is C25H29FN4O3. The number of piperazine rings is 1. The van der Waals surface area contributed by atoms with Gasteiger partial charge in [0.15, 0.2) is 5.76 Å². The quantitative estimate of drug-likeness (QED) is 0.539. The SMILES string of the molecule is COCc1nc(C(C)C)nc(N2CCN(C(=O)c3ccco3)CC2)c1Cc1ccccc1F. The molecule has 2 aromatic heterocycles. The van der Waals surface area contributed by atoms with Gasteiger partial charge in [-0.25, -0.2) is 14.4 Å².